The topological polar surface area (TPSA) is 35.9 Å². The number of para-hydroxylation sites is 2. The lowest BCUT2D eigenvalue weighted by Crippen LogP contribution is -2.32. The van der Waals surface area contributed by atoms with Crippen LogP contribution in [0, 0.1) is 6.33 Å². The molecule has 1 aliphatic rings. The van der Waals surface area contributed by atoms with Gasteiger partial charge in [0.1, 0.15) is 17.3 Å². The first-order valence-corrected chi connectivity index (χ1v) is 25.9. The quantitative estimate of drug-likeness (QED) is 0.127. The summed E-state index contributed by atoms with van der Waals surface area (Å²) in [5, 5.41) is 2.16. The Morgan fingerprint density at radius 3 is 1.69 bits per heavy atom. The van der Waals surface area contributed by atoms with Gasteiger partial charge in [0.2, 0.25) is 0 Å². The zero-order chi connectivity index (χ0) is 59.3. The summed E-state index contributed by atoms with van der Waals surface area (Å²) in [5.74, 6) is 1.97. The summed E-state index contributed by atoms with van der Waals surface area (Å²) >= 11 is 0. The largest absolute Gasteiger partial charge is 0.458 e. The third-order valence-corrected chi connectivity index (χ3v) is 14.8. The van der Waals surface area contributed by atoms with E-state index in [2.05, 4.69) is 161 Å². The SMILES string of the molecule is [2H]c1c([2H])c([2H])c2c(c1[2H])-c1cc(C(C)(C)C)cc(-c3cc(C(C)(C)C)cc(C(C)(C)C)c3)c1-[n+]1[c-]n(-c3cccc(Oc4ccc5c6ccccc6n(-c6cc(C(C)(C)C)ccn6)c5c4)c3)c3cccc(c31)-c1c([2H])c([2H])c([2H])c([2H])c1-2. The zero-order valence-electron chi connectivity index (χ0n) is 52.9. The molecule has 0 saturated carbocycles. The molecular formula is C70H66N4O. The van der Waals surface area contributed by atoms with Gasteiger partial charge in [0.25, 0.3) is 6.33 Å². The average molecular weight is 987 g/mol. The fourth-order valence-corrected chi connectivity index (χ4v) is 10.6. The molecule has 0 spiro atoms. The summed E-state index contributed by atoms with van der Waals surface area (Å²) < 4.78 is 89.1. The molecule has 75 heavy (non-hydrogen) atoms. The lowest BCUT2D eigenvalue weighted by Gasteiger charge is -2.29. The molecular weight excluding hydrogens is 913 g/mol. The second-order valence-corrected chi connectivity index (χ2v) is 24.2. The van der Waals surface area contributed by atoms with E-state index in [1.165, 1.54) is 5.56 Å². The minimum Gasteiger partial charge on any atom is -0.458 e. The van der Waals surface area contributed by atoms with Gasteiger partial charge in [-0.3, -0.25) is 13.7 Å². The summed E-state index contributed by atoms with van der Waals surface area (Å²) in [4.78, 5) is 4.89. The van der Waals surface area contributed by atoms with E-state index < -0.39 is 41.7 Å². The first-order chi connectivity index (χ1) is 39.0. The van der Waals surface area contributed by atoms with E-state index >= 15 is 0 Å². The van der Waals surface area contributed by atoms with Crippen molar-refractivity contribution in [1.29, 1.82) is 0 Å². The minimum atomic E-state index is -0.516. The smallest absolute Gasteiger partial charge is 0.269 e. The van der Waals surface area contributed by atoms with Gasteiger partial charge >= 0.3 is 0 Å². The molecule has 5 heteroatoms. The Morgan fingerprint density at radius 2 is 1.03 bits per heavy atom. The molecule has 0 bridgehead atoms. The Bertz CT molecular complexity index is 4530. The lowest BCUT2D eigenvalue weighted by atomic mass is 9.77. The molecule has 0 amide bonds. The maximum atomic E-state index is 9.97. The molecule has 372 valence electrons. The van der Waals surface area contributed by atoms with Crippen molar-refractivity contribution in [3.63, 3.8) is 0 Å². The fourth-order valence-electron chi connectivity index (χ4n) is 10.6. The lowest BCUT2D eigenvalue weighted by molar-refractivity contribution is -0.570. The van der Waals surface area contributed by atoms with Crippen molar-refractivity contribution in [3.8, 4) is 73.2 Å². The highest BCUT2D eigenvalue weighted by atomic mass is 16.5. The van der Waals surface area contributed by atoms with Crippen molar-refractivity contribution >= 4 is 32.8 Å². The van der Waals surface area contributed by atoms with Crippen LogP contribution < -0.4 is 9.30 Å². The van der Waals surface area contributed by atoms with Crippen molar-refractivity contribution in [2.45, 2.75) is 105 Å². The number of hydrogen-bond acceptors (Lipinski definition) is 2. The number of rotatable bonds is 5. The molecule has 0 aliphatic carbocycles. The van der Waals surface area contributed by atoms with Crippen LogP contribution in [0.2, 0.25) is 0 Å². The Morgan fingerprint density at radius 1 is 0.467 bits per heavy atom. The number of hydrogen-bond donors (Lipinski definition) is 0. The molecule has 8 aromatic carbocycles. The number of imidazole rings is 1. The summed E-state index contributed by atoms with van der Waals surface area (Å²) in [6.45, 7) is 26.1. The van der Waals surface area contributed by atoms with E-state index in [4.69, 9.17) is 11.1 Å². The predicted octanol–water partition coefficient (Wildman–Crippen LogP) is 18.2. The van der Waals surface area contributed by atoms with E-state index in [1.807, 2.05) is 76.0 Å². The Labute approximate surface area is 454 Å². The second kappa shape index (κ2) is 17.3. The third kappa shape index (κ3) is 8.34. The molecule has 0 unspecified atom stereocenters. The van der Waals surface area contributed by atoms with Gasteiger partial charge in [-0.25, -0.2) is 4.98 Å². The molecule has 0 saturated heterocycles. The first-order valence-electron chi connectivity index (χ1n) is 29.9. The predicted molar refractivity (Wildman–Crippen MR) is 312 cm³/mol. The second-order valence-electron chi connectivity index (χ2n) is 24.2. The molecule has 11 aromatic rings. The summed E-state index contributed by atoms with van der Waals surface area (Å²) in [6.07, 6.45) is 5.67. The van der Waals surface area contributed by atoms with Crippen LogP contribution >= 0.6 is 0 Å². The van der Waals surface area contributed by atoms with E-state index in [1.54, 1.807) is 0 Å². The van der Waals surface area contributed by atoms with E-state index in [0.29, 0.717) is 45.0 Å². The van der Waals surface area contributed by atoms with Crippen LogP contribution in [0.15, 0.2) is 182 Å². The number of fused-ring (bicyclic) bond motifs is 10. The number of nitrogens with zero attached hydrogens (tertiary/aromatic N) is 4. The third-order valence-electron chi connectivity index (χ3n) is 14.8. The zero-order valence-corrected chi connectivity index (χ0v) is 44.9. The molecule has 0 N–H and O–H groups in total. The van der Waals surface area contributed by atoms with Crippen LogP contribution in [0.3, 0.4) is 0 Å². The molecule has 3 aromatic heterocycles. The van der Waals surface area contributed by atoms with Crippen LogP contribution in [-0.2, 0) is 21.7 Å². The Hall–Kier alpha value is -8.02. The molecule has 0 fully saturated rings. The monoisotopic (exact) mass is 987 g/mol. The molecule has 0 radical (unpaired) electrons. The van der Waals surface area contributed by atoms with Crippen LogP contribution in [0.5, 0.6) is 11.5 Å². The van der Waals surface area contributed by atoms with Gasteiger partial charge in [-0.15, -0.1) is 0 Å². The van der Waals surface area contributed by atoms with Gasteiger partial charge in [-0.1, -0.05) is 204 Å². The standard InChI is InChI=1S/C70H66N4O/c1-67(2,3)45-33-34-71-64(40-45)74-61-29-18-17-27-56(61)57-32-31-51(42-63(57)74)75-50-22-19-21-49(41-50)72-43-73-65-59(44-35-46(68(4,5)6)37-47(36-44)69(7,8)9)38-48(70(10,11)12)39-60(65)55-26-16-14-24-53(55)52-23-13-15-25-54(52)58-28-20-30-62(72)66(58)73/h13-42H,1-12H3/i13D,14D,15D,16D,23D,24D,25D,26D. The number of pyridine rings is 1. The van der Waals surface area contributed by atoms with Crippen molar-refractivity contribution in [3.05, 3.63) is 211 Å². The Kier molecular flexibility index (Phi) is 9.09. The summed E-state index contributed by atoms with van der Waals surface area (Å²) in [6, 6.07) is 39.5. The Balaban J connectivity index is 1.16. The van der Waals surface area contributed by atoms with E-state index in [0.717, 1.165) is 55.4 Å². The maximum Gasteiger partial charge on any atom is 0.269 e. The van der Waals surface area contributed by atoms with Gasteiger partial charge in [0.15, 0.2) is 0 Å². The molecule has 4 heterocycles. The highest BCUT2D eigenvalue weighted by molar-refractivity contribution is 6.09. The van der Waals surface area contributed by atoms with E-state index in [9.17, 15) is 9.60 Å². The van der Waals surface area contributed by atoms with Gasteiger partial charge in [-0.05, 0) is 137 Å². The molecule has 1 aliphatic heterocycles. The van der Waals surface area contributed by atoms with Crippen LogP contribution in [-0.4, -0.2) is 14.1 Å². The van der Waals surface area contributed by atoms with Crippen LogP contribution in [0.1, 0.15) is 116 Å². The summed E-state index contributed by atoms with van der Waals surface area (Å²) in [5.41, 5.74) is 10.3. The average Bonchev–Trinajstić information content (AvgIpc) is 1.93. The number of aromatic nitrogens is 4. The molecule has 5 nitrogen and oxygen atoms in total. The van der Waals surface area contributed by atoms with Crippen molar-refractivity contribution in [1.82, 2.24) is 14.1 Å². The normalized spacial score (nSPS) is 14.3. The van der Waals surface area contributed by atoms with Crippen molar-refractivity contribution < 1.29 is 20.3 Å². The highest BCUT2D eigenvalue weighted by Crippen LogP contribution is 2.48. The van der Waals surface area contributed by atoms with Gasteiger partial charge < -0.3 is 4.74 Å². The molecule has 0 atom stereocenters. The van der Waals surface area contributed by atoms with Crippen molar-refractivity contribution in [2.75, 3.05) is 0 Å². The number of ether oxygens (including phenoxy) is 1. The van der Waals surface area contributed by atoms with Gasteiger partial charge in [0.05, 0.1) is 44.4 Å². The van der Waals surface area contributed by atoms with Crippen LogP contribution in [0.4, 0.5) is 0 Å². The maximum absolute atomic E-state index is 9.97. The number of benzene rings is 8. The van der Waals surface area contributed by atoms with Gasteiger partial charge in [-0.2, -0.15) is 0 Å². The minimum absolute atomic E-state index is 0.0104. The van der Waals surface area contributed by atoms with E-state index in [-0.39, 0.29) is 50.6 Å². The summed E-state index contributed by atoms with van der Waals surface area (Å²) in [7, 11) is 0. The fraction of sp³-hybridized carbons (Fsp3) is 0.229. The van der Waals surface area contributed by atoms with Gasteiger partial charge in [0, 0.05) is 23.0 Å². The first kappa shape index (κ1) is 39.4. The van der Waals surface area contributed by atoms with Crippen LogP contribution in [0.25, 0.3) is 94.5 Å². The molecule has 12 rings (SSSR count). The van der Waals surface area contributed by atoms with Crippen molar-refractivity contribution in [2.24, 2.45) is 0 Å². The highest BCUT2D eigenvalue weighted by Gasteiger charge is 2.30.